The summed E-state index contributed by atoms with van der Waals surface area (Å²) in [6.45, 7) is 7.21. The highest BCUT2D eigenvalue weighted by Crippen LogP contribution is 2.51. The molecular weight excluding hydrogens is 729 g/mol. The molecule has 6 atom stereocenters. The van der Waals surface area contributed by atoms with Crippen LogP contribution >= 0.6 is 11.8 Å². The minimum Gasteiger partial charge on any atom is -0.426 e. The van der Waals surface area contributed by atoms with Crippen LogP contribution in [-0.2, 0) is 53.4 Å². The first-order valence-electron chi connectivity index (χ1n) is 15.6. The van der Waals surface area contributed by atoms with Gasteiger partial charge in [-0.15, -0.1) is 11.8 Å². The lowest BCUT2D eigenvalue weighted by Gasteiger charge is -2.44. The Bertz CT molecular complexity index is 1970. The summed E-state index contributed by atoms with van der Waals surface area (Å²) in [5, 5.41) is 1.07. The van der Waals surface area contributed by atoms with Crippen LogP contribution in [0.4, 0.5) is 0 Å². The number of aryl methyl sites for hydroxylation is 1. The Morgan fingerprint density at radius 1 is 0.980 bits per heavy atom. The average molecular weight is 767 g/mol. The lowest BCUT2D eigenvalue weighted by molar-refractivity contribution is -0.181. The molecule has 2 aromatic carbocycles. The van der Waals surface area contributed by atoms with E-state index in [1.54, 1.807) is 56.3 Å². The van der Waals surface area contributed by atoms with Crippen LogP contribution in [0.5, 0.6) is 0 Å². The van der Waals surface area contributed by atoms with Gasteiger partial charge in [0, 0.05) is 4.75 Å². The number of carbonyl (C=O) groups is 5. The molecule has 0 spiro atoms. The van der Waals surface area contributed by atoms with E-state index in [0.29, 0.717) is 5.56 Å². The number of amides is 3. The molecule has 4 N–H and O–H groups in total. The van der Waals surface area contributed by atoms with Crippen molar-refractivity contribution in [3.8, 4) is 0 Å². The summed E-state index contributed by atoms with van der Waals surface area (Å²) >= 11 is 1.31. The smallest absolute Gasteiger partial charge is 0.333 e. The van der Waals surface area contributed by atoms with Gasteiger partial charge in [0.25, 0.3) is 10.1 Å². The van der Waals surface area contributed by atoms with Gasteiger partial charge in [0.05, 0.1) is 16.1 Å². The van der Waals surface area contributed by atoms with Gasteiger partial charge in [0.2, 0.25) is 24.5 Å². The van der Waals surface area contributed by atoms with Crippen molar-refractivity contribution in [2.45, 2.75) is 90.3 Å². The number of esters is 2. The van der Waals surface area contributed by atoms with Gasteiger partial charge in [-0.1, -0.05) is 48.0 Å². The fourth-order valence-corrected chi connectivity index (χ4v) is 10.6. The molecule has 4 saturated heterocycles. The van der Waals surface area contributed by atoms with E-state index < -0.39 is 101 Å². The third kappa shape index (κ3) is 6.84. The highest BCUT2D eigenvalue weighted by Gasteiger charge is 2.68. The average Bonchev–Trinajstić information content (AvgIpc) is 3.38. The van der Waals surface area contributed by atoms with Crippen LogP contribution in [0.15, 0.2) is 59.5 Å². The molecule has 0 radical (unpaired) electrons. The third-order valence-electron chi connectivity index (χ3n) is 9.32. The highest BCUT2D eigenvalue weighted by molar-refractivity contribution is 8.01. The van der Waals surface area contributed by atoms with Gasteiger partial charge in [0.15, 0.2) is 9.84 Å². The summed E-state index contributed by atoms with van der Waals surface area (Å²) in [5.74, 6) is -3.32. The van der Waals surface area contributed by atoms with Crippen LogP contribution < -0.4 is 11.1 Å². The van der Waals surface area contributed by atoms with Crippen molar-refractivity contribution >= 4 is 61.4 Å². The van der Waals surface area contributed by atoms with E-state index in [4.69, 9.17) is 19.8 Å². The minimum absolute atomic E-state index is 0.0666. The van der Waals surface area contributed by atoms with Crippen molar-refractivity contribution < 1.29 is 54.8 Å². The number of thioether (sulfide) groups is 1. The first kappa shape index (κ1) is 38.2. The molecular formula is C32H38N4O12S3. The molecule has 4 aliphatic heterocycles. The van der Waals surface area contributed by atoms with Crippen molar-refractivity contribution in [2.24, 2.45) is 5.73 Å². The lowest BCUT2D eigenvalue weighted by atomic mass is 9.95. The molecule has 4 fully saturated rings. The van der Waals surface area contributed by atoms with Crippen LogP contribution in [-0.4, -0.2) is 106 Å². The Labute approximate surface area is 299 Å². The number of sulfone groups is 1. The second kappa shape index (κ2) is 13.5. The van der Waals surface area contributed by atoms with E-state index in [-0.39, 0.29) is 11.3 Å². The van der Waals surface area contributed by atoms with Gasteiger partial charge >= 0.3 is 11.9 Å². The van der Waals surface area contributed by atoms with E-state index in [9.17, 15) is 40.8 Å². The van der Waals surface area contributed by atoms with E-state index in [0.717, 1.165) is 10.5 Å². The van der Waals surface area contributed by atoms with Crippen LogP contribution in [0, 0.1) is 6.92 Å². The van der Waals surface area contributed by atoms with Crippen molar-refractivity contribution in [1.82, 2.24) is 15.1 Å². The summed E-state index contributed by atoms with van der Waals surface area (Å²) in [6.07, 6.45) is -0.191. The molecule has 4 aliphatic rings. The normalized spacial score (nSPS) is 27.0. The number of β-lactam (4-membered cyclic amide) rings is 2. The number of benzene rings is 2. The van der Waals surface area contributed by atoms with Crippen LogP contribution in [0.25, 0.3) is 0 Å². The number of nitrogens with one attached hydrogen (secondary N) is 1. The summed E-state index contributed by atoms with van der Waals surface area (Å²) in [7, 11) is -7.82. The van der Waals surface area contributed by atoms with Crippen molar-refractivity contribution in [3.63, 3.8) is 0 Å². The van der Waals surface area contributed by atoms with E-state index in [1.807, 2.05) is 6.92 Å². The zero-order valence-corrected chi connectivity index (χ0v) is 30.7. The van der Waals surface area contributed by atoms with E-state index >= 15 is 0 Å². The van der Waals surface area contributed by atoms with Crippen molar-refractivity contribution in [3.05, 3.63) is 65.7 Å². The Kier molecular flexibility index (Phi) is 10.1. The Balaban J connectivity index is 0.000000392. The summed E-state index contributed by atoms with van der Waals surface area (Å²) in [4.78, 5) is 65.8. The molecule has 51 heavy (non-hydrogen) atoms. The summed E-state index contributed by atoms with van der Waals surface area (Å²) in [5.41, 5.74) is 7.59. The van der Waals surface area contributed by atoms with E-state index in [1.165, 1.54) is 42.6 Å². The topological polar surface area (TPSA) is 237 Å². The SMILES string of the molecule is CC1(C)S[C@@H]2[C@H](NC(=O)[C@H](N)c3ccccc3)C(=O)N2[C@H]1C(=O)OCOC(=O)[C@@H]1N2C(=O)C[C@@H]2S(=O)(=O)C1(C)C.Cc1ccc(S(=O)(=O)O)cc1. The lowest BCUT2D eigenvalue weighted by Crippen LogP contribution is -2.71. The number of hydrogen-bond donors (Lipinski definition) is 3. The van der Waals surface area contributed by atoms with Gasteiger partial charge in [-0.3, -0.25) is 18.9 Å². The van der Waals surface area contributed by atoms with Crippen LogP contribution in [0.1, 0.15) is 51.3 Å². The number of rotatable bonds is 8. The number of hydrogen-bond acceptors (Lipinski definition) is 13. The quantitative estimate of drug-likeness (QED) is 0.145. The molecule has 6 rings (SSSR count). The predicted molar refractivity (Wildman–Crippen MR) is 181 cm³/mol. The van der Waals surface area contributed by atoms with Crippen LogP contribution in [0.3, 0.4) is 0 Å². The molecule has 276 valence electrons. The standard InChI is InChI=1S/C25H30N4O9S2.C7H8O3S/c1-24(2)17(29-20(32)16(21(29)39-24)27-19(31)15(26)12-8-6-5-7-9-12)22(33)37-11-38-23(34)18-25(3,4)40(35,36)14-10-13(30)28(14)18;1-6-2-4-7(5-3-6)11(8,9)10/h5-9,14-18,21H,10-11,26H2,1-4H3,(H,27,31);2-5H,1H3,(H,8,9,10)/t14-,15+,16+,17-,18-,21+;/m0./s1. The summed E-state index contributed by atoms with van der Waals surface area (Å²) in [6, 6.07) is 10.4. The number of fused-ring (bicyclic) bond motifs is 2. The highest BCUT2D eigenvalue weighted by atomic mass is 32.2. The number of nitrogens with two attached hydrogens (primary N) is 1. The maximum absolute atomic E-state index is 13.0. The fraction of sp³-hybridized carbons (Fsp3) is 0.469. The first-order chi connectivity index (χ1) is 23.6. The Morgan fingerprint density at radius 3 is 2.10 bits per heavy atom. The second-order valence-corrected chi connectivity index (χ2v) is 19.4. The fourth-order valence-electron chi connectivity index (χ4n) is 6.40. The molecule has 0 saturated carbocycles. The molecule has 0 bridgehead atoms. The molecule has 0 unspecified atom stereocenters. The Hall–Kier alpha value is -4.04. The maximum Gasteiger partial charge on any atom is 0.333 e. The molecule has 0 aromatic heterocycles. The summed E-state index contributed by atoms with van der Waals surface area (Å²) < 4.78 is 62.9. The van der Waals surface area contributed by atoms with Gasteiger partial charge in [-0.2, -0.15) is 8.42 Å². The van der Waals surface area contributed by atoms with Crippen LogP contribution in [0.2, 0.25) is 0 Å². The van der Waals surface area contributed by atoms with Crippen molar-refractivity contribution in [2.75, 3.05) is 6.79 Å². The number of carbonyl (C=O) groups excluding carboxylic acids is 5. The minimum atomic E-state index is -4.02. The maximum atomic E-state index is 13.0. The molecule has 3 amide bonds. The van der Waals surface area contributed by atoms with Crippen molar-refractivity contribution in [1.29, 1.82) is 0 Å². The second-order valence-electron chi connectivity index (χ2n) is 13.5. The number of nitrogens with zero attached hydrogens (tertiary/aromatic N) is 2. The zero-order valence-electron chi connectivity index (χ0n) is 28.2. The van der Waals surface area contributed by atoms with E-state index in [2.05, 4.69) is 5.32 Å². The zero-order chi connectivity index (χ0) is 37.8. The number of ether oxygens (including phenoxy) is 2. The molecule has 19 heteroatoms. The largest absolute Gasteiger partial charge is 0.426 e. The third-order valence-corrected chi connectivity index (χ3v) is 14.6. The molecule has 4 heterocycles. The molecule has 0 aliphatic carbocycles. The first-order valence-corrected chi connectivity index (χ1v) is 19.5. The monoisotopic (exact) mass is 766 g/mol. The molecule has 2 aromatic rings. The molecule has 16 nitrogen and oxygen atoms in total. The van der Waals surface area contributed by atoms with Gasteiger partial charge < -0.3 is 30.3 Å². The Morgan fingerprint density at radius 2 is 1.55 bits per heavy atom. The van der Waals surface area contributed by atoms with Gasteiger partial charge in [-0.05, 0) is 52.3 Å². The van der Waals surface area contributed by atoms with Gasteiger partial charge in [0.1, 0.15) is 34.9 Å². The predicted octanol–water partition coefficient (Wildman–Crippen LogP) is 0.653. The van der Waals surface area contributed by atoms with Gasteiger partial charge in [-0.25, -0.2) is 18.0 Å².